The highest BCUT2D eigenvalue weighted by molar-refractivity contribution is 9.12. The topological polar surface area (TPSA) is 70.6 Å². The smallest absolute Gasteiger partial charge is 0.144 e. The van der Waals surface area contributed by atoms with E-state index in [0.717, 1.165) is 0 Å². The van der Waals surface area contributed by atoms with Crippen molar-refractivity contribution in [3.05, 3.63) is 10.7 Å². The first-order chi connectivity index (χ1) is 5.07. The van der Waals surface area contributed by atoms with E-state index >= 15 is 0 Å². The molecule has 0 bridgehead atoms. The fourth-order valence-corrected chi connectivity index (χ4v) is 0.795. The Hall–Kier alpha value is -0.550. The van der Waals surface area contributed by atoms with E-state index < -0.39 is 6.23 Å². The fraction of sp³-hybridized carbons (Fsp3) is 0.500. The van der Waals surface area contributed by atoms with Gasteiger partial charge in [0, 0.05) is 13.2 Å². The maximum Gasteiger partial charge on any atom is 0.144 e. The van der Waals surface area contributed by atoms with Crippen LogP contribution < -0.4 is 11.1 Å². The molecule has 1 unspecified atom stereocenters. The zero-order chi connectivity index (χ0) is 8.85. The number of halogens is 1. The SMILES string of the molecule is CN/C=C(/Br)C(N)=NC(C)O. The van der Waals surface area contributed by atoms with Crippen LogP contribution in [0.2, 0.25) is 0 Å². The van der Waals surface area contributed by atoms with Crippen molar-refractivity contribution in [2.45, 2.75) is 13.2 Å². The summed E-state index contributed by atoms with van der Waals surface area (Å²) >= 11 is 3.16. The normalized spacial score (nSPS) is 16.4. The molecule has 0 rings (SSSR count). The summed E-state index contributed by atoms with van der Waals surface area (Å²) in [4.78, 5) is 3.69. The van der Waals surface area contributed by atoms with Gasteiger partial charge in [-0.3, -0.25) is 0 Å². The Labute approximate surface area is 74.3 Å². The average molecular weight is 222 g/mol. The molecule has 0 heterocycles. The van der Waals surface area contributed by atoms with E-state index in [0.29, 0.717) is 4.48 Å². The zero-order valence-electron chi connectivity index (χ0n) is 6.50. The average Bonchev–Trinajstić information content (AvgIpc) is 1.86. The van der Waals surface area contributed by atoms with E-state index in [1.54, 1.807) is 13.2 Å². The van der Waals surface area contributed by atoms with Crippen molar-refractivity contribution in [1.82, 2.24) is 5.32 Å². The number of aliphatic hydroxyl groups excluding tert-OH is 1. The minimum Gasteiger partial charge on any atom is -0.393 e. The molecule has 0 aliphatic rings. The largest absolute Gasteiger partial charge is 0.393 e. The van der Waals surface area contributed by atoms with Gasteiger partial charge in [-0.05, 0) is 22.9 Å². The summed E-state index contributed by atoms with van der Waals surface area (Å²) in [7, 11) is 1.75. The molecule has 5 heteroatoms. The highest BCUT2D eigenvalue weighted by atomic mass is 79.9. The van der Waals surface area contributed by atoms with Gasteiger partial charge in [0.2, 0.25) is 0 Å². The number of hydrogen-bond acceptors (Lipinski definition) is 3. The molecule has 0 saturated heterocycles. The van der Waals surface area contributed by atoms with Gasteiger partial charge < -0.3 is 16.2 Å². The van der Waals surface area contributed by atoms with E-state index in [1.807, 2.05) is 0 Å². The lowest BCUT2D eigenvalue weighted by Gasteiger charge is -2.00. The third-order valence-electron chi connectivity index (χ3n) is 0.842. The second kappa shape index (κ2) is 5.15. The number of aliphatic imine (C=N–C) groups is 1. The van der Waals surface area contributed by atoms with E-state index in [-0.39, 0.29) is 5.84 Å². The quantitative estimate of drug-likeness (QED) is 0.469. The molecule has 4 nitrogen and oxygen atoms in total. The van der Waals surface area contributed by atoms with Crippen LogP contribution in [-0.2, 0) is 0 Å². The number of aliphatic hydroxyl groups is 1. The maximum atomic E-state index is 8.80. The van der Waals surface area contributed by atoms with Crippen molar-refractivity contribution in [2.75, 3.05) is 7.05 Å². The van der Waals surface area contributed by atoms with Crippen molar-refractivity contribution in [2.24, 2.45) is 10.7 Å². The summed E-state index contributed by atoms with van der Waals surface area (Å²) < 4.78 is 0.626. The molecule has 0 aliphatic heterocycles. The molecule has 4 N–H and O–H groups in total. The lowest BCUT2D eigenvalue weighted by atomic mass is 10.5. The summed E-state index contributed by atoms with van der Waals surface area (Å²) in [6.45, 7) is 1.53. The monoisotopic (exact) mass is 221 g/mol. The van der Waals surface area contributed by atoms with Crippen molar-refractivity contribution in [1.29, 1.82) is 0 Å². The van der Waals surface area contributed by atoms with Crippen LogP contribution in [0.4, 0.5) is 0 Å². The summed E-state index contributed by atoms with van der Waals surface area (Å²) in [5, 5.41) is 11.6. The standard InChI is InChI=1S/C6H12BrN3O/c1-4(11)10-6(8)5(7)3-9-2/h3-4,9,11H,1-2H3,(H2,8,10)/b5-3+. The molecule has 0 aromatic heterocycles. The van der Waals surface area contributed by atoms with Gasteiger partial charge >= 0.3 is 0 Å². The third kappa shape index (κ3) is 4.80. The van der Waals surface area contributed by atoms with Crippen LogP contribution in [0.5, 0.6) is 0 Å². The number of rotatable bonds is 3. The Bertz CT molecular complexity index is 177. The van der Waals surface area contributed by atoms with E-state index in [4.69, 9.17) is 10.8 Å². The van der Waals surface area contributed by atoms with Crippen LogP contribution in [0, 0.1) is 0 Å². The predicted molar refractivity (Wildman–Crippen MR) is 49.4 cm³/mol. The molecule has 11 heavy (non-hydrogen) atoms. The van der Waals surface area contributed by atoms with Gasteiger partial charge in [0.25, 0.3) is 0 Å². The van der Waals surface area contributed by atoms with Gasteiger partial charge in [0.05, 0.1) is 4.48 Å². The van der Waals surface area contributed by atoms with Gasteiger partial charge in [-0.15, -0.1) is 0 Å². The minimum atomic E-state index is -0.771. The zero-order valence-corrected chi connectivity index (χ0v) is 8.09. The Balaban J connectivity index is 4.23. The van der Waals surface area contributed by atoms with E-state index in [2.05, 4.69) is 26.2 Å². The Morgan fingerprint density at radius 2 is 2.36 bits per heavy atom. The molecular weight excluding hydrogens is 210 g/mol. The van der Waals surface area contributed by atoms with Gasteiger partial charge in [-0.1, -0.05) is 0 Å². The third-order valence-corrected chi connectivity index (χ3v) is 1.48. The first-order valence-electron chi connectivity index (χ1n) is 3.12. The predicted octanol–water partition coefficient (Wildman–Crippen LogP) is 0.138. The highest BCUT2D eigenvalue weighted by Crippen LogP contribution is 2.03. The molecule has 64 valence electrons. The van der Waals surface area contributed by atoms with Crippen LogP contribution in [0.25, 0.3) is 0 Å². The number of nitrogens with one attached hydrogen (secondary N) is 1. The number of hydrogen-bond donors (Lipinski definition) is 3. The molecule has 0 saturated carbocycles. The van der Waals surface area contributed by atoms with Crippen LogP contribution >= 0.6 is 15.9 Å². The lowest BCUT2D eigenvalue weighted by molar-refractivity contribution is 0.205. The number of nitrogens with two attached hydrogens (primary N) is 1. The lowest BCUT2D eigenvalue weighted by Crippen LogP contribution is -2.16. The first-order valence-corrected chi connectivity index (χ1v) is 3.92. The Morgan fingerprint density at radius 1 is 1.82 bits per heavy atom. The van der Waals surface area contributed by atoms with Gasteiger partial charge in [-0.25, -0.2) is 4.99 Å². The second-order valence-electron chi connectivity index (χ2n) is 1.93. The van der Waals surface area contributed by atoms with Gasteiger partial charge in [0.15, 0.2) is 0 Å². The van der Waals surface area contributed by atoms with Gasteiger partial charge in [-0.2, -0.15) is 0 Å². The van der Waals surface area contributed by atoms with Gasteiger partial charge in [0.1, 0.15) is 12.1 Å². The Kier molecular flexibility index (Phi) is 4.89. The van der Waals surface area contributed by atoms with Crippen molar-refractivity contribution >= 4 is 21.8 Å². The molecular formula is C6H12BrN3O. The molecule has 0 spiro atoms. The summed E-state index contributed by atoms with van der Waals surface area (Å²) in [5.74, 6) is 0.273. The minimum absolute atomic E-state index is 0.273. The molecule has 0 fully saturated rings. The van der Waals surface area contributed by atoms with Crippen LogP contribution in [-0.4, -0.2) is 24.2 Å². The van der Waals surface area contributed by atoms with E-state index in [9.17, 15) is 0 Å². The molecule has 0 radical (unpaired) electrons. The molecule has 1 atom stereocenters. The fourth-order valence-electron chi connectivity index (χ4n) is 0.464. The summed E-state index contributed by atoms with van der Waals surface area (Å²) in [5.41, 5.74) is 5.44. The second-order valence-corrected chi connectivity index (χ2v) is 2.78. The van der Waals surface area contributed by atoms with Crippen LogP contribution in [0.15, 0.2) is 15.7 Å². The maximum absolute atomic E-state index is 8.80. The molecule has 0 aliphatic carbocycles. The summed E-state index contributed by atoms with van der Waals surface area (Å²) in [6, 6.07) is 0. The van der Waals surface area contributed by atoms with Crippen molar-refractivity contribution in [3.8, 4) is 0 Å². The first kappa shape index (κ1) is 10.4. The summed E-state index contributed by atoms with van der Waals surface area (Å²) in [6.07, 6.45) is 0.870. The van der Waals surface area contributed by atoms with E-state index in [1.165, 1.54) is 6.92 Å². The molecule has 0 amide bonds. The van der Waals surface area contributed by atoms with Crippen LogP contribution in [0.3, 0.4) is 0 Å². The number of nitrogens with zero attached hydrogens (tertiary/aromatic N) is 1. The van der Waals surface area contributed by atoms with Crippen LogP contribution in [0.1, 0.15) is 6.92 Å². The Morgan fingerprint density at radius 3 is 2.73 bits per heavy atom. The van der Waals surface area contributed by atoms with Crippen molar-refractivity contribution < 1.29 is 5.11 Å². The molecule has 0 aromatic carbocycles. The number of amidine groups is 1. The highest BCUT2D eigenvalue weighted by Gasteiger charge is 1.98. The molecule has 0 aromatic rings. The van der Waals surface area contributed by atoms with Crippen molar-refractivity contribution in [3.63, 3.8) is 0 Å².